The Morgan fingerprint density at radius 3 is 3.00 bits per heavy atom. The van der Waals surface area contributed by atoms with Crippen molar-refractivity contribution in [2.45, 2.75) is 19.8 Å². The molecule has 0 aliphatic rings. The summed E-state index contributed by atoms with van der Waals surface area (Å²) < 4.78 is 0. The average Bonchev–Trinajstić information content (AvgIpc) is 3.08. The predicted molar refractivity (Wildman–Crippen MR) is 93.8 cm³/mol. The fourth-order valence-electron chi connectivity index (χ4n) is 2.45. The quantitative estimate of drug-likeness (QED) is 0.639. The van der Waals surface area contributed by atoms with Crippen LogP contribution in [0.1, 0.15) is 18.9 Å². The Kier molecular flexibility index (Phi) is 3.90. The number of nitrogens with zero attached hydrogens (tertiary/aromatic N) is 1. The van der Waals surface area contributed by atoms with Gasteiger partial charge in [-0.2, -0.15) is 5.10 Å². The molecule has 0 radical (unpaired) electrons. The number of rotatable bonds is 4. The van der Waals surface area contributed by atoms with E-state index in [1.165, 1.54) is 16.0 Å². The third kappa shape index (κ3) is 2.77. The number of hydrogen-bond donors (Lipinski definition) is 3. The Balaban J connectivity index is 2.21. The van der Waals surface area contributed by atoms with Crippen LogP contribution in [0.2, 0.25) is 0 Å². The minimum atomic E-state index is 0.224. The van der Waals surface area contributed by atoms with Gasteiger partial charge in [-0.15, -0.1) is 11.3 Å². The van der Waals surface area contributed by atoms with E-state index in [2.05, 4.69) is 52.1 Å². The second-order valence-electron chi connectivity index (χ2n) is 4.85. The molecule has 0 fully saturated rings. The number of aromatic amines is 1. The van der Waals surface area contributed by atoms with Gasteiger partial charge in [-0.25, -0.2) is 0 Å². The summed E-state index contributed by atoms with van der Waals surface area (Å²) in [6.07, 6.45) is 2.14. The average molecular weight is 316 g/mol. The summed E-state index contributed by atoms with van der Waals surface area (Å²) in [5.74, 6) is 0.688. The molecular formula is C15H16N4S2. The number of H-pyrrole nitrogens is 1. The first-order valence-corrected chi connectivity index (χ1v) is 8.09. The predicted octanol–water partition coefficient (Wildman–Crippen LogP) is 3.90. The summed E-state index contributed by atoms with van der Waals surface area (Å²) in [6, 6.07) is 8.57. The molecule has 0 unspecified atom stereocenters. The highest BCUT2D eigenvalue weighted by Gasteiger charge is 2.13. The molecule has 21 heavy (non-hydrogen) atoms. The molecule has 0 spiro atoms. The number of aromatic nitrogens is 2. The largest absolute Gasteiger partial charge is 0.376 e. The van der Waals surface area contributed by atoms with Gasteiger partial charge in [0.05, 0.1) is 5.52 Å². The number of nitrogens with one attached hydrogen (secondary N) is 2. The maximum absolute atomic E-state index is 5.57. The van der Waals surface area contributed by atoms with Gasteiger partial charge in [0.1, 0.15) is 0 Å². The molecule has 3 rings (SSSR count). The van der Waals surface area contributed by atoms with Crippen LogP contribution >= 0.6 is 23.6 Å². The van der Waals surface area contributed by atoms with E-state index in [1.807, 2.05) is 0 Å². The molecule has 0 aliphatic heterocycles. The maximum atomic E-state index is 5.57. The van der Waals surface area contributed by atoms with E-state index in [0.29, 0.717) is 5.82 Å². The standard InChI is InChI=1S/C15H16N4S2/c1-2-4-9-7-10(12-5-3-6-21-12)13-11(8-9)14(19-18-13)17-15(16)20/h3,5-8H,2,4H2,1H3,(H4,16,17,18,19,20). The van der Waals surface area contributed by atoms with E-state index in [1.54, 1.807) is 11.3 Å². The highest BCUT2D eigenvalue weighted by molar-refractivity contribution is 7.80. The molecule has 0 saturated heterocycles. The van der Waals surface area contributed by atoms with Crippen LogP contribution in [-0.2, 0) is 6.42 Å². The van der Waals surface area contributed by atoms with Gasteiger partial charge >= 0.3 is 0 Å². The summed E-state index contributed by atoms with van der Waals surface area (Å²) in [7, 11) is 0. The summed E-state index contributed by atoms with van der Waals surface area (Å²) >= 11 is 6.64. The summed E-state index contributed by atoms with van der Waals surface area (Å²) in [5.41, 5.74) is 9.05. The number of nitrogens with two attached hydrogens (primary N) is 1. The zero-order valence-corrected chi connectivity index (χ0v) is 13.3. The zero-order chi connectivity index (χ0) is 14.8. The van der Waals surface area contributed by atoms with Crippen molar-refractivity contribution in [3.05, 3.63) is 35.2 Å². The van der Waals surface area contributed by atoms with Crippen molar-refractivity contribution in [1.82, 2.24) is 10.2 Å². The van der Waals surface area contributed by atoms with Crippen molar-refractivity contribution in [2.75, 3.05) is 5.32 Å². The minimum absolute atomic E-state index is 0.224. The van der Waals surface area contributed by atoms with Crippen LogP contribution in [0.3, 0.4) is 0 Å². The molecule has 2 heterocycles. The molecule has 1 aromatic carbocycles. The lowest BCUT2D eigenvalue weighted by atomic mass is 10.0. The molecular weight excluding hydrogens is 300 g/mol. The Labute approximate surface area is 132 Å². The number of thiophene rings is 1. The van der Waals surface area contributed by atoms with E-state index in [4.69, 9.17) is 18.0 Å². The molecule has 0 saturated carbocycles. The number of thiocarbonyl (C=S) groups is 1. The molecule has 0 amide bonds. The van der Waals surface area contributed by atoms with Crippen molar-refractivity contribution in [3.63, 3.8) is 0 Å². The SMILES string of the molecule is CCCc1cc(-c2cccs2)c2[nH]nc(NC(N)=S)c2c1. The molecule has 4 nitrogen and oxygen atoms in total. The van der Waals surface area contributed by atoms with Crippen molar-refractivity contribution >= 4 is 45.4 Å². The van der Waals surface area contributed by atoms with Crippen LogP contribution in [0.15, 0.2) is 29.6 Å². The highest BCUT2D eigenvalue weighted by Crippen LogP contribution is 2.34. The van der Waals surface area contributed by atoms with Gasteiger partial charge < -0.3 is 11.1 Å². The number of hydrogen-bond acceptors (Lipinski definition) is 3. The minimum Gasteiger partial charge on any atom is -0.376 e. The molecule has 0 bridgehead atoms. The molecule has 2 aromatic heterocycles. The van der Waals surface area contributed by atoms with Crippen molar-refractivity contribution in [3.8, 4) is 10.4 Å². The summed E-state index contributed by atoms with van der Waals surface area (Å²) in [5, 5.41) is 13.7. The fourth-order valence-corrected chi connectivity index (χ4v) is 3.30. The Morgan fingerprint density at radius 1 is 1.48 bits per heavy atom. The first-order chi connectivity index (χ1) is 10.2. The Bertz CT molecular complexity index is 774. The second kappa shape index (κ2) is 5.83. The topological polar surface area (TPSA) is 66.7 Å². The number of benzene rings is 1. The molecule has 4 N–H and O–H groups in total. The third-order valence-electron chi connectivity index (χ3n) is 3.30. The lowest BCUT2D eigenvalue weighted by Gasteiger charge is -2.06. The zero-order valence-electron chi connectivity index (χ0n) is 11.6. The lowest BCUT2D eigenvalue weighted by molar-refractivity contribution is 0.924. The van der Waals surface area contributed by atoms with E-state index < -0.39 is 0 Å². The van der Waals surface area contributed by atoms with Crippen molar-refractivity contribution in [2.24, 2.45) is 5.73 Å². The Hall–Kier alpha value is -1.92. The normalized spacial score (nSPS) is 10.9. The fraction of sp³-hybridized carbons (Fsp3) is 0.200. The highest BCUT2D eigenvalue weighted by atomic mass is 32.1. The molecule has 0 aliphatic carbocycles. The monoisotopic (exact) mass is 316 g/mol. The first kappa shape index (κ1) is 14.0. The van der Waals surface area contributed by atoms with Crippen LogP contribution in [0.5, 0.6) is 0 Å². The van der Waals surface area contributed by atoms with Gasteiger partial charge in [-0.1, -0.05) is 19.4 Å². The van der Waals surface area contributed by atoms with Gasteiger partial charge in [0.2, 0.25) is 0 Å². The van der Waals surface area contributed by atoms with Gasteiger partial charge in [0, 0.05) is 15.8 Å². The van der Waals surface area contributed by atoms with Crippen LogP contribution in [-0.4, -0.2) is 15.3 Å². The van der Waals surface area contributed by atoms with E-state index in [9.17, 15) is 0 Å². The molecule has 0 atom stereocenters. The molecule has 3 aromatic rings. The van der Waals surface area contributed by atoms with Crippen molar-refractivity contribution < 1.29 is 0 Å². The third-order valence-corrected chi connectivity index (χ3v) is 4.30. The van der Waals surface area contributed by atoms with Crippen molar-refractivity contribution in [1.29, 1.82) is 0 Å². The van der Waals surface area contributed by atoms with E-state index >= 15 is 0 Å². The summed E-state index contributed by atoms with van der Waals surface area (Å²) in [6.45, 7) is 2.18. The van der Waals surface area contributed by atoms with Gasteiger partial charge in [0.15, 0.2) is 10.9 Å². The Morgan fingerprint density at radius 2 is 2.33 bits per heavy atom. The van der Waals surface area contributed by atoms with E-state index in [0.717, 1.165) is 23.7 Å². The van der Waals surface area contributed by atoms with Gasteiger partial charge in [-0.3, -0.25) is 5.10 Å². The number of aryl methyl sites for hydroxylation is 1. The maximum Gasteiger partial charge on any atom is 0.169 e. The number of fused-ring (bicyclic) bond motifs is 1. The van der Waals surface area contributed by atoms with Gasteiger partial charge in [0.25, 0.3) is 0 Å². The summed E-state index contributed by atoms with van der Waals surface area (Å²) in [4.78, 5) is 1.23. The van der Waals surface area contributed by atoms with E-state index in [-0.39, 0.29) is 5.11 Å². The van der Waals surface area contributed by atoms with Crippen LogP contribution < -0.4 is 11.1 Å². The van der Waals surface area contributed by atoms with Crippen LogP contribution in [0.4, 0.5) is 5.82 Å². The second-order valence-corrected chi connectivity index (χ2v) is 6.24. The number of anilines is 1. The first-order valence-electron chi connectivity index (χ1n) is 6.80. The molecule has 108 valence electrons. The van der Waals surface area contributed by atoms with Crippen LogP contribution in [0, 0.1) is 0 Å². The molecule has 6 heteroatoms. The van der Waals surface area contributed by atoms with Gasteiger partial charge in [-0.05, 0) is 47.8 Å². The smallest absolute Gasteiger partial charge is 0.169 e. The lowest BCUT2D eigenvalue weighted by Crippen LogP contribution is -2.19. The van der Waals surface area contributed by atoms with Crippen LogP contribution in [0.25, 0.3) is 21.3 Å².